The number of halogens is 1. The van der Waals surface area contributed by atoms with Crippen LogP contribution in [-0.2, 0) is 14.3 Å². The van der Waals surface area contributed by atoms with Gasteiger partial charge in [-0.2, -0.15) is 0 Å². The number of carboxylic acids is 1. The van der Waals surface area contributed by atoms with Crippen LogP contribution in [0.4, 0.5) is 5.69 Å². The van der Waals surface area contributed by atoms with Gasteiger partial charge in [-0.1, -0.05) is 11.6 Å². The van der Waals surface area contributed by atoms with Crippen molar-refractivity contribution in [3.8, 4) is 5.75 Å². The van der Waals surface area contributed by atoms with Gasteiger partial charge in [-0.25, -0.2) is 0 Å². The van der Waals surface area contributed by atoms with Gasteiger partial charge in [-0.3, -0.25) is 14.5 Å². The summed E-state index contributed by atoms with van der Waals surface area (Å²) < 4.78 is 16.2. The number of ether oxygens (including phenoxy) is 3. The first-order valence-corrected chi connectivity index (χ1v) is 9.72. The van der Waals surface area contributed by atoms with Crippen molar-refractivity contribution < 1.29 is 28.9 Å². The second-order valence-electron chi connectivity index (χ2n) is 6.77. The number of piperidine rings is 1. The van der Waals surface area contributed by atoms with Crippen molar-refractivity contribution >= 4 is 29.2 Å². The quantitative estimate of drug-likeness (QED) is 0.375. The largest absolute Gasteiger partial charge is 0.496 e. The van der Waals surface area contributed by atoms with Crippen LogP contribution in [0, 0.1) is 0 Å². The molecule has 2 rings (SSSR count). The molecule has 29 heavy (non-hydrogen) atoms. The third-order valence-electron chi connectivity index (χ3n) is 4.84. The number of nitrogens with zero attached hydrogens (tertiary/aromatic N) is 1. The smallest absolute Gasteiger partial charge is 0.305 e. The van der Waals surface area contributed by atoms with Crippen LogP contribution in [0.1, 0.15) is 23.2 Å². The second kappa shape index (κ2) is 11.2. The number of hydrogen-bond acceptors (Lipinski definition) is 7. The summed E-state index contributed by atoms with van der Waals surface area (Å²) in [6.07, 6.45) is 0.500. The van der Waals surface area contributed by atoms with Crippen LogP contribution in [0.5, 0.6) is 5.75 Å². The van der Waals surface area contributed by atoms with E-state index in [2.05, 4.69) is 10.2 Å². The molecule has 10 heteroatoms. The normalized spacial score (nSPS) is 19.7. The average Bonchev–Trinajstić information content (AvgIpc) is 2.69. The average molecular weight is 430 g/mol. The summed E-state index contributed by atoms with van der Waals surface area (Å²) in [5.41, 5.74) is 6.43. The van der Waals surface area contributed by atoms with Gasteiger partial charge >= 0.3 is 5.97 Å². The molecule has 1 aliphatic rings. The molecule has 1 saturated heterocycles. The highest BCUT2D eigenvalue weighted by Crippen LogP contribution is 2.29. The molecule has 1 aromatic rings. The topological polar surface area (TPSA) is 123 Å². The number of rotatable bonds is 10. The lowest BCUT2D eigenvalue weighted by Crippen LogP contribution is -2.55. The molecule has 0 aliphatic carbocycles. The molecule has 1 aliphatic heterocycles. The maximum atomic E-state index is 12.8. The lowest BCUT2D eigenvalue weighted by Gasteiger charge is -2.38. The molecule has 0 aromatic heterocycles. The molecule has 0 radical (unpaired) electrons. The summed E-state index contributed by atoms with van der Waals surface area (Å²) in [6.45, 7) is 2.70. The van der Waals surface area contributed by atoms with Crippen molar-refractivity contribution in [3.05, 3.63) is 22.7 Å². The van der Waals surface area contributed by atoms with Crippen molar-refractivity contribution in [1.29, 1.82) is 0 Å². The van der Waals surface area contributed by atoms with E-state index in [1.807, 2.05) is 0 Å². The Balaban J connectivity index is 1.90. The van der Waals surface area contributed by atoms with Gasteiger partial charge < -0.3 is 30.4 Å². The highest BCUT2D eigenvalue weighted by atomic mass is 35.5. The number of aliphatic carboxylic acids is 1. The summed E-state index contributed by atoms with van der Waals surface area (Å²) in [4.78, 5) is 25.4. The summed E-state index contributed by atoms with van der Waals surface area (Å²) in [5, 5.41) is 11.9. The van der Waals surface area contributed by atoms with Gasteiger partial charge in [0.05, 0.1) is 55.2 Å². The molecule has 0 bridgehead atoms. The fraction of sp³-hybridized carbons (Fsp3) is 0.579. The first-order chi connectivity index (χ1) is 13.8. The molecular formula is C19H28ClN3O6. The summed E-state index contributed by atoms with van der Waals surface area (Å²) in [6, 6.07) is 2.85. The van der Waals surface area contributed by atoms with Crippen LogP contribution in [0.25, 0.3) is 0 Å². The Hall–Kier alpha value is -2.07. The Morgan fingerprint density at radius 2 is 2.10 bits per heavy atom. The predicted octanol–water partition coefficient (Wildman–Crippen LogP) is 1.24. The lowest BCUT2D eigenvalue weighted by atomic mass is 10.0. The predicted molar refractivity (Wildman–Crippen MR) is 109 cm³/mol. The van der Waals surface area contributed by atoms with Crippen molar-refractivity contribution in [2.24, 2.45) is 0 Å². The Morgan fingerprint density at radius 1 is 1.34 bits per heavy atom. The van der Waals surface area contributed by atoms with E-state index < -0.39 is 5.97 Å². The summed E-state index contributed by atoms with van der Waals surface area (Å²) >= 11 is 6.06. The Morgan fingerprint density at radius 3 is 2.76 bits per heavy atom. The van der Waals surface area contributed by atoms with E-state index in [4.69, 9.17) is 36.7 Å². The summed E-state index contributed by atoms with van der Waals surface area (Å²) in [7, 11) is 3.08. The molecule has 1 amide bonds. The monoisotopic (exact) mass is 429 g/mol. The highest BCUT2D eigenvalue weighted by molar-refractivity contribution is 6.33. The Bertz CT molecular complexity index is 717. The van der Waals surface area contributed by atoms with E-state index in [9.17, 15) is 9.59 Å². The van der Waals surface area contributed by atoms with E-state index in [1.54, 1.807) is 7.11 Å². The molecule has 4 N–H and O–H groups in total. The van der Waals surface area contributed by atoms with Crippen LogP contribution in [0.3, 0.4) is 0 Å². The van der Waals surface area contributed by atoms with E-state index in [1.165, 1.54) is 19.2 Å². The van der Waals surface area contributed by atoms with E-state index >= 15 is 0 Å². The van der Waals surface area contributed by atoms with Crippen LogP contribution >= 0.6 is 11.6 Å². The molecule has 1 aromatic carbocycles. The fourth-order valence-corrected chi connectivity index (χ4v) is 3.37. The molecule has 9 nitrogen and oxygen atoms in total. The number of nitrogens with one attached hydrogen (secondary N) is 1. The van der Waals surface area contributed by atoms with Crippen molar-refractivity contribution in [2.75, 3.05) is 52.8 Å². The van der Waals surface area contributed by atoms with E-state index in [-0.39, 0.29) is 36.1 Å². The number of amides is 1. The van der Waals surface area contributed by atoms with Gasteiger partial charge in [0.1, 0.15) is 5.75 Å². The number of anilines is 1. The summed E-state index contributed by atoms with van der Waals surface area (Å²) in [5.74, 6) is -0.824. The van der Waals surface area contributed by atoms with Gasteiger partial charge in [0.25, 0.3) is 5.91 Å². The van der Waals surface area contributed by atoms with Crippen molar-refractivity contribution in [3.63, 3.8) is 0 Å². The Kier molecular flexibility index (Phi) is 8.97. The Labute approximate surface area is 175 Å². The first-order valence-electron chi connectivity index (χ1n) is 9.34. The van der Waals surface area contributed by atoms with E-state index in [0.29, 0.717) is 43.1 Å². The van der Waals surface area contributed by atoms with Gasteiger partial charge in [0, 0.05) is 32.8 Å². The number of benzene rings is 1. The zero-order valence-electron chi connectivity index (χ0n) is 16.7. The third-order valence-corrected chi connectivity index (χ3v) is 5.17. The SMILES string of the molecule is COc1cc(N)c(Cl)cc1C(=O)N[C@@H]1CCN(CCOCCC(=O)O)C[C@@H]1OC. The maximum Gasteiger partial charge on any atom is 0.305 e. The standard InChI is InChI=1S/C19H28ClN3O6/c1-27-16-10-14(21)13(20)9-12(16)19(26)22-15-3-5-23(11-17(15)28-2)6-8-29-7-4-18(24)25/h9-10,15,17H,3-8,11,21H2,1-2H3,(H,22,26)(H,24,25)/t15-,17+/m1/s1. The third kappa shape index (κ3) is 6.74. The molecule has 1 heterocycles. The second-order valence-corrected chi connectivity index (χ2v) is 7.18. The molecular weight excluding hydrogens is 402 g/mol. The van der Waals surface area contributed by atoms with Crippen molar-refractivity contribution in [2.45, 2.75) is 25.0 Å². The fourth-order valence-electron chi connectivity index (χ4n) is 3.20. The van der Waals surface area contributed by atoms with Gasteiger partial charge in [-0.05, 0) is 12.5 Å². The number of likely N-dealkylation sites (tertiary alicyclic amines) is 1. The minimum absolute atomic E-state index is 0.00653. The number of carbonyl (C=O) groups is 2. The minimum Gasteiger partial charge on any atom is -0.496 e. The van der Waals surface area contributed by atoms with Gasteiger partial charge in [0.2, 0.25) is 0 Å². The maximum absolute atomic E-state index is 12.8. The molecule has 1 fully saturated rings. The first kappa shape index (κ1) is 23.2. The molecule has 0 spiro atoms. The van der Waals surface area contributed by atoms with Crippen molar-refractivity contribution in [1.82, 2.24) is 10.2 Å². The zero-order valence-corrected chi connectivity index (χ0v) is 17.4. The number of hydrogen-bond donors (Lipinski definition) is 3. The van der Waals surface area contributed by atoms with Crippen LogP contribution in [0.2, 0.25) is 5.02 Å². The zero-order chi connectivity index (χ0) is 21.4. The molecule has 162 valence electrons. The van der Waals surface area contributed by atoms with Gasteiger partial charge in [-0.15, -0.1) is 0 Å². The number of methoxy groups -OCH3 is 2. The molecule has 0 unspecified atom stereocenters. The number of nitrogens with two attached hydrogens (primary N) is 1. The molecule has 0 saturated carbocycles. The number of carbonyl (C=O) groups excluding carboxylic acids is 1. The molecule has 2 atom stereocenters. The van der Waals surface area contributed by atoms with Gasteiger partial charge in [0.15, 0.2) is 0 Å². The van der Waals surface area contributed by atoms with E-state index in [0.717, 1.165) is 6.54 Å². The van der Waals surface area contributed by atoms with Crippen LogP contribution < -0.4 is 15.8 Å². The minimum atomic E-state index is -0.875. The number of nitrogen functional groups attached to an aromatic ring is 1. The van der Waals surface area contributed by atoms with Crippen LogP contribution in [0.15, 0.2) is 12.1 Å². The highest BCUT2D eigenvalue weighted by Gasteiger charge is 2.31. The number of carboxylic acid groups (broad SMARTS) is 1. The lowest BCUT2D eigenvalue weighted by molar-refractivity contribution is -0.138. The van der Waals surface area contributed by atoms with Crippen LogP contribution in [-0.4, -0.2) is 81.1 Å².